The lowest BCUT2D eigenvalue weighted by molar-refractivity contribution is -0.116. The number of carbonyl (C=O) groups excluding carboxylic acids is 1. The van der Waals surface area contributed by atoms with Gasteiger partial charge in [-0.2, -0.15) is 5.26 Å². The predicted octanol–water partition coefficient (Wildman–Crippen LogP) is 1.51. The van der Waals surface area contributed by atoms with Gasteiger partial charge < -0.3 is 5.32 Å². The maximum absolute atomic E-state index is 10.7. The molecule has 6 heteroatoms. The molecule has 1 N–H and O–H groups in total. The van der Waals surface area contributed by atoms with Crippen molar-refractivity contribution in [2.75, 3.05) is 6.54 Å². The van der Waals surface area contributed by atoms with Crippen molar-refractivity contribution in [2.45, 2.75) is 0 Å². The van der Waals surface area contributed by atoms with Crippen molar-refractivity contribution in [2.24, 2.45) is 0 Å². The van der Waals surface area contributed by atoms with Crippen LogP contribution in [-0.2, 0) is 4.79 Å². The Hall–Kier alpha value is -0.430. The molecule has 60 valence electrons. The van der Waals surface area contributed by atoms with E-state index in [1.54, 1.807) is 6.07 Å². The molecule has 0 aromatic carbocycles. The summed E-state index contributed by atoms with van der Waals surface area (Å²) in [5.74, 6) is -0.659. The van der Waals surface area contributed by atoms with Crippen LogP contribution in [0.3, 0.4) is 0 Å². The van der Waals surface area contributed by atoms with Crippen molar-refractivity contribution in [1.29, 1.82) is 5.26 Å². The van der Waals surface area contributed by atoms with Gasteiger partial charge in [-0.25, -0.2) is 0 Å². The fraction of sp³-hybridized carbons (Fsp3) is 0.200. The number of nitrogens with one attached hydrogen (secondary N) is 1. The van der Waals surface area contributed by atoms with Gasteiger partial charge in [0.2, 0.25) is 0 Å². The summed E-state index contributed by atoms with van der Waals surface area (Å²) in [5, 5.41) is 9.88. The standard InChI is InChI=1S/C5H3Cl3N2O/c6-3(4(7)8)5(11)10-2-1-9/h2H2,(H,10,11). The van der Waals surface area contributed by atoms with Crippen LogP contribution in [0.2, 0.25) is 0 Å². The van der Waals surface area contributed by atoms with Crippen LogP contribution in [-0.4, -0.2) is 12.5 Å². The summed E-state index contributed by atoms with van der Waals surface area (Å²) >= 11 is 15.6. The fourth-order valence-corrected chi connectivity index (χ4v) is 0.522. The van der Waals surface area contributed by atoms with Crippen molar-refractivity contribution in [1.82, 2.24) is 5.32 Å². The Labute approximate surface area is 78.5 Å². The normalized spacial score (nSPS) is 8.18. The molecule has 0 rings (SSSR count). The Bertz CT molecular complexity index is 226. The monoisotopic (exact) mass is 212 g/mol. The van der Waals surface area contributed by atoms with Crippen LogP contribution in [0.4, 0.5) is 0 Å². The second-order valence-electron chi connectivity index (χ2n) is 1.42. The van der Waals surface area contributed by atoms with Crippen LogP contribution in [0.1, 0.15) is 0 Å². The van der Waals surface area contributed by atoms with E-state index >= 15 is 0 Å². The number of amides is 1. The summed E-state index contributed by atoms with van der Waals surface area (Å²) in [6, 6.07) is 1.69. The van der Waals surface area contributed by atoms with Gasteiger partial charge >= 0.3 is 0 Å². The first-order valence-electron chi connectivity index (χ1n) is 2.45. The van der Waals surface area contributed by atoms with E-state index in [9.17, 15) is 4.79 Å². The van der Waals surface area contributed by atoms with E-state index in [0.29, 0.717) is 0 Å². The lowest BCUT2D eigenvalue weighted by Crippen LogP contribution is -2.23. The van der Waals surface area contributed by atoms with Crippen molar-refractivity contribution in [3.63, 3.8) is 0 Å². The number of nitrogens with zero attached hydrogens (tertiary/aromatic N) is 1. The zero-order valence-corrected chi connectivity index (χ0v) is 7.46. The zero-order chi connectivity index (χ0) is 8.85. The van der Waals surface area contributed by atoms with Crippen LogP contribution in [0, 0.1) is 11.3 Å². The highest BCUT2D eigenvalue weighted by molar-refractivity contribution is 6.62. The first kappa shape index (κ1) is 10.6. The second-order valence-corrected chi connectivity index (χ2v) is 2.74. The van der Waals surface area contributed by atoms with E-state index in [2.05, 4.69) is 5.32 Å². The topological polar surface area (TPSA) is 52.9 Å². The molecule has 0 fully saturated rings. The van der Waals surface area contributed by atoms with Gasteiger partial charge in [0.25, 0.3) is 5.91 Å². The molecule has 3 nitrogen and oxygen atoms in total. The molecule has 0 atom stereocenters. The maximum Gasteiger partial charge on any atom is 0.266 e. The summed E-state index contributed by atoms with van der Waals surface area (Å²) in [5.41, 5.74) is 0. The number of rotatable bonds is 2. The molecule has 0 aromatic heterocycles. The number of hydrogen-bond donors (Lipinski definition) is 1. The van der Waals surface area contributed by atoms with Gasteiger partial charge in [0.1, 0.15) is 16.1 Å². The lowest BCUT2D eigenvalue weighted by atomic mass is 10.5. The Balaban J connectivity index is 4.08. The minimum Gasteiger partial charge on any atom is -0.338 e. The molecule has 0 aromatic rings. The van der Waals surface area contributed by atoms with Gasteiger partial charge in [-0.1, -0.05) is 34.8 Å². The molecule has 1 amide bonds. The molecule has 0 bridgehead atoms. The van der Waals surface area contributed by atoms with Gasteiger partial charge in [0.15, 0.2) is 0 Å². The fourth-order valence-electron chi connectivity index (χ4n) is 0.283. The summed E-state index contributed by atoms with van der Waals surface area (Å²) < 4.78 is -0.317. The SMILES string of the molecule is N#CCNC(=O)C(Cl)=C(Cl)Cl. The Morgan fingerprint density at radius 3 is 2.36 bits per heavy atom. The lowest BCUT2D eigenvalue weighted by Gasteiger charge is -1.97. The van der Waals surface area contributed by atoms with Crippen LogP contribution in [0.5, 0.6) is 0 Å². The van der Waals surface area contributed by atoms with Gasteiger partial charge in [-0.05, 0) is 0 Å². The third-order valence-electron chi connectivity index (χ3n) is 0.693. The number of nitriles is 1. The summed E-state index contributed by atoms with van der Waals surface area (Å²) in [4.78, 5) is 10.7. The number of hydrogen-bond acceptors (Lipinski definition) is 2. The largest absolute Gasteiger partial charge is 0.338 e. The molecular weight excluding hydrogens is 210 g/mol. The molecule has 0 aliphatic carbocycles. The van der Waals surface area contributed by atoms with E-state index in [4.69, 9.17) is 40.1 Å². The Morgan fingerprint density at radius 2 is 2.00 bits per heavy atom. The third-order valence-corrected chi connectivity index (χ3v) is 1.63. The minimum absolute atomic E-state index is 0.129. The molecule has 0 radical (unpaired) electrons. The van der Waals surface area contributed by atoms with E-state index in [1.165, 1.54) is 0 Å². The average Bonchev–Trinajstić information content (AvgIpc) is 1.98. The molecular formula is C5H3Cl3N2O. The van der Waals surface area contributed by atoms with Crippen LogP contribution in [0.15, 0.2) is 9.52 Å². The highest BCUT2D eigenvalue weighted by atomic mass is 35.5. The van der Waals surface area contributed by atoms with Gasteiger partial charge in [0.05, 0.1) is 6.07 Å². The zero-order valence-electron chi connectivity index (χ0n) is 5.20. The first-order chi connectivity index (χ1) is 5.09. The molecule has 11 heavy (non-hydrogen) atoms. The highest BCUT2D eigenvalue weighted by Gasteiger charge is 2.08. The van der Waals surface area contributed by atoms with Crippen LogP contribution in [0.25, 0.3) is 0 Å². The quantitative estimate of drug-likeness (QED) is 0.558. The average molecular weight is 213 g/mol. The number of carbonyl (C=O) groups is 1. The van der Waals surface area contributed by atoms with Crippen LogP contribution >= 0.6 is 34.8 Å². The molecule has 0 heterocycles. The summed E-state index contributed by atoms with van der Waals surface area (Å²) in [7, 11) is 0. The van der Waals surface area contributed by atoms with E-state index in [1.807, 2.05) is 0 Å². The molecule has 0 aliphatic rings. The molecule has 0 aliphatic heterocycles. The van der Waals surface area contributed by atoms with Gasteiger partial charge in [-0.15, -0.1) is 0 Å². The maximum atomic E-state index is 10.7. The number of halogens is 3. The third kappa shape index (κ3) is 4.10. The van der Waals surface area contributed by atoms with Crippen LogP contribution < -0.4 is 5.32 Å². The van der Waals surface area contributed by atoms with Crippen molar-refractivity contribution >= 4 is 40.7 Å². The van der Waals surface area contributed by atoms with Crippen molar-refractivity contribution in [3.05, 3.63) is 9.52 Å². The highest BCUT2D eigenvalue weighted by Crippen LogP contribution is 2.17. The second kappa shape index (κ2) is 5.25. The smallest absolute Gasteiger partial charge is 0.266 e. The Morgan fingerprint density at radius 1 is 1.45 bits per heavy atom. The van der Waals surface area contributed by atoms with Gasteiger partial charge in [-0.3, -0.25) is 4.79 Å². The summed E-state index contributed by atoms with van der Waals surface area (Å²) in [6.07, 6.45) is 0. The van der Waals surface area contributed by atoms with Crippen molar-refractivity contribution < 1.29 is 4.79 Å². The minimum atomic E-state index is -0.659. The van der Waals surface area contributed by atoms with E-state index in [-0.39, 0.29) is 16.1 Å². The molecule has 0 unspecified atom stereocenters. The predicted molar refractivity (Wildman–Crippen MR) is 43.2 cm³/mol. The molecule has 0 saturated carbocycles. The Kier molecular flexibility index (Phi) is 5.05. The van der Waals surface area contributed by atoms with E-state index < -0.39 is 5.91 Å². The molecule has 0 spiro atoms. The van der Waals surface area contributed by atoms with Crippen molar-refractivity contribution in [3.8, 4) is 6.07 Å². The molecule has 0 saturated heterocycles. The van der Waals surface area contributed by atoms with Gasteiger partial charge in [0, 0.05) is 0 Å². The summed E-state index contributed by atoms with van der Waals surface area (Å²) in [6.45, 7) is -0.129. The van der Waals surface area contributed by atoms with E-state index in [0.717, 1.165) is 0 Å². The first-order valence-corrected chi connectivity index (χ1v) is 3.59.